The Morgan fingerprint density at radius 2 is 1.58 bits per heavy atom. The number of aromatic carboxylic acids is 1. The molecule has 262 valence electrons. The maximum absolute atomic E-state index is 14.3. The molecule has 1 aromatic rings. The summed E-state index contributed by atoms with van der Waals surface area (Å²) in [6.07, 6.45) is 12.3. The molecule has 0 heterocycles. The number of benzene rings is 1. The fraction of sp³-hybridized carbons (Fsp3) is 0.690. The number of allylic oxidation sites excluding steroid dienone is 3. The molecule has 6 heteroatoms. The Kier molecular flexibility index (Phi) is 8.64. The van der Waals surface area contributed by atoms with Crippen LogP contribution < -0.4 is 5.32 Å². The van der Waals surface area contributed by atoms with Crippen LogP contribution in [0.1, 0.15) is 122 Å². The molecule has 6 rings (SSSR count). The standard InChI is InChI=1S/C42H60N2O4/c1-26(2)30-16-21-42(37(48)43-24-25-44(9)27(3)45)23-22-40(7)32(35(30)42)14-15-34-39(6)19-17-31(28-10-12-29(13-11-28)36(46)47)38(4,5)33(39)18-20-41(34,40)8/h10-13,17,30,32-35H,1,14-16,18-25H2,2-9H3,(H,43,48)(H,46,47)/t30-,32+,33-,34+,35+,39-,40+,41+,42-/m0/s1. The van der Waals surface area contributed by atoms with Gasteiger partial charge in [0.25, 0.3) is 0 Å². The fourth-order valence-corrected chi connectivity index (χ4v) is 13.1. The van der Waals surface area contributed by atoms with E-state index in [1.165, 1.54) is 36.8 Å². The maximum Gasteiger partial charge on any atom is 0.335 e. The summed E-state index contributed by atoms with van der Waals surface area (Å²) < 4.78 is 0. The summed E-state index contributed by atoms with van der Waals surface area (Å²) in [6.45, 7) is 22.0. The van der Waals surface area contributed by atoms with Gasteiger partial charge in [-0.3, -0.25) is 9.59 Å². The molecule has 48 heavy (non-hydrogen) atoms. The van der Waals surface area contributed by atoms with Crippen molar-refractivity contribution in [2.45, 2.75) is 106 Å². The van der Waals surface area contributed by atoms with Crippen LogP contribution in [0.25, 0.3) is 5.57 Å². The molecule has 0 bridgehead atoms. The van der Waals surface area contributed by atoms with Crippen molar-refractivity contribution in [1.29, 1.82) is 0 Å². The lowest BCUT2D eigenvalue weighted by Gasteiger charge is -2.72. The van der Waals surface area contributed by atoms with Crippen molar-refractivity contribution in [3.05, 3.63) is 53.6 Å². The van der Waals surface area contributed by atoms with E-state index in [-0.39, 0.29) is 38.9 Å². The number of carbonyl (C=O) groups excluding carboxylic acids is 2. The first-order valence-electron chi connectivity index (χ1n) is 18.6. The zero-order chi connectivity index (χ0) is 35.0. The minimum Gasteiger partial charge on any atom is -0.478 e. The van der Waals surface area contributed by atoms with E-state index in [0.29, 0.717) is 48.2 Å². The molecule has 2 amide bonds. The third-order valence-corrected chi connectivity index (χ3v) is 15.8. The maximum atomic E-state index is 14.3. The lowest BCUT2D eigenvalue weighted by atomic mass is 9.32. The third-order valence-electron chi connectivity index (χ3n) is 15.8. The summed E-state index contributed by atoms with van der Waals surface area (Å²) in [6, 6.07) is 7.50. The number of carboxylic acids is 1. The topological polar surface area (TPSA) is 86.7 Å². The average Bonchev–Trinajstić information content (AvgIpc) is 3.42. The largest absolute Gasteiger partial charge is 0.478 e. The third kappa shape index (κ3) is 4.96. The average molecular weight is 657 g/mol. The highest BCUT2D eigenvalue weighted by Gasteiger charge is 2.71. The first-order valence-corrected chi connectivity index (χ1v) is 18.6. The number of carbonyl (C=O) groups is 3. The summed E-state index contributed by atoms with van der Waals surface area (Å²) in [5, 5.41) is 12.8. The van der Waals surface area contributed by atoms with E-state index in [1.54, 1.807) is 31.0 Å². The van der Waals surface area contributed by atoms with Gasteiger partial charge < -0.3 is 15.3 Å². The van der Waals surface area contributed by atoms with E-state index in [2.05, 4.69) is 59.5 Å². The molecule has 4 fully saturated rings. The zero-order valence-corrected chi connectivity index (χ0v) is 30.9. The van der Waals surface area contributed by atoms with Crippen LogP contribution in [0, 0.1) is 56.7 Å². The van der Waals surface area contributed by atoms with Gasteiger partial charge in [0.15, 0.2) is 0 Å². The first-order chi connectivity index (χ1) is 22.4. The van der Waals surface area contributed by atoms with E-state index >= 15 is 0 Å². The molecule has 5 aliphatic rings. The minimum atomic E-state index is -0.882. The second-order valence-corrected chi connectivity index (χ2v) is 18.0. The lowest BCUT2D eigenvalue weighted by molar-refractivity contribution is -0.225. The van der Waals surface area contributed by atoms with Gasteiger partial charge in [0, 0.05) is 27.1 Å². The number of fused-ring (bicyclic) bond motifs is 7. The van der Waals surface area contributed by atoms with Crippen LogP contribution in [0.5, 0.6) is 0 Å². The van der Waals surface area contributed by atoms with Crippen molar-refractivity contribution in [1.82, 2.24) is 10.2 Å². The fourth-order valence-electron chi connectivity index (χ4n) is 13.1. The number of amides is 2. The van der Waals surface area contributed by atoms with Crippen LogP contribution >= 0.6 is 0 Å². The molecule has 6 nitrogen and oxygen atoms in total. The van der Waals surface area contributed by atoms with Crippen LogP contribution in [-0.2, 0) is 9.59 Å². The zero-order valence-electron chi connectivity index (χ0n) is 30.9. The summed E-state index contributed by atoms with van der Waals surface area (Å²) in [4.78, 5) is 39.3. The molecule has 0 spiro atoms. The SMILES string of the molecule is C=C(C)[C@@H]1CC[C@]2(C(=O)NCCN(C)C(C)=O)CC[C@]3(C)[C@H](CC[C@@H]4[C@@]5(C)CC=C(c6ccc(C(=O)O)cc6)C(C)(C)[C@@H]5CC[C@]43C)[C@@H]12. The van der Waals surface area contributed by atoms with Crippen molar-refractivity contribution in [3.8, 4) is 0 Å². The summed E-state index contributed by atoms with van der Waals surface area (Å²) in [7, 11) is 1.80. The molecular formula is C42H60N2O4. The van der Waals surface area contributed by atoms with Crippen molar-refractivity contribution in [3.63, 3.8) is 0 Å². The Hall–Kier alpha value is -2.89. The van der Waals surface area contributed by atoms with Gasteiger partial charge in [0.2, 0.25) is 11.8 Å². The van der Waals surface area contributed by atoms with Crippen LogP contribution in [0.4, 0.5) is 0 Å². The van der Waals surface area contributed by atoms with Gasteiger partial charge in [0.1, 0.15) is 0 Å². The molecule has 0 aliphatic heterocycles. The molecule has 0 aromatic heterocycles. The number of likely N-dealkylation sites (N-methyl/N-ethyl adjacent to an activating group) is 1. The second kappa shape index (κ2) is 11.9. The van der Waals surface area contributed by atoms with Crippen LogP contribution in [0.2, 0.25) is 0 Å². The molecule has 0 saturated heterocycles. The van der Waals surface area contributed by atoms with Gasteiger partial charge in [-0.15, -0.1) is 0 Å². The minimum absolute atomic E-state index is 0.0211. The number of nitrogens with zero attached hydrogens (tertiary/aromatic N) is 1. The van der Waals surface area contributed by atoms with Gasteiger partial charge in [-0.2, -0.15) is 0 Å². The van der Waals surface area contributed by atoms with E-state index < -0.39 is 5.97 Å². The summed E-state index contributed by atoms with van der Waals surface area (Å²) in [5.74, 6) is 1.66. The number of rotatable bonds is 7. The molecule has 9 atom stereocenters. The monoisotopic (exact) mass is 656 g/mol. The quantitative estimate of drug-likeness (QED) is 0.288. The van der Waals surface area contributed by atoms with E-state index in [1.807, 2.05) is 12.1 Å². The van der Waals surface area contributed by atoms with Crippen LogP contribution in [0.3, 0.4) is 0 Å². The predicted molar refractivity (Wildman–Crippen MR) is 192 cm³/mol. The highest BCUT2D eigenvalue weighted by molar-refractivity contribution is 5.88. The summed E-state index contributed by atoms with van der Waals surface area (Å²) >= 11 is 0. The number of hydrogen-bond donors (Lipinski definition) is 2. The number of carboxylic acid groups (broad SMARTS) is 1. The Balaban J connectivity index is 1.31. The smallest absolute Gasteiger partial charge is 0.335 e. The molecular weight excluding hydrogens is 596 g/mol. The van der Waals surface area contributed by atoms with Gasteiger partial charge in [-0.05, 0) is 139 Å². The molecule has 1 aromatic carbocycles. The predicted octanol–water partition coefficient (Wildman–Crippen LogP) is 8.63. The van der Waals surface area contributed by atoms with E-state index in [0.717, 1.165) is 37.7 Å². The summed E-state index contributed by atoms with van der Waals surface area (Å²) in [5.41, 5.74) is 4.21. The van der Waals surface area contributed by atoms with Gasteiger partial charge in [-0.25, -0.2) is 4.79 Å². The van der Waals surface area contributed by atoms with Crippen molar-refractivity contribution >= 4 is 23.4 Å². The van der Waals surface area contributed by atoms with Gasteiger partial charge in [0.05, 0.1) is 11.0 Å². The number of nitrogens with one attached hydrogen (secondary N) is 1. The first kappa shape index (κ1) is 35.0. The Morgan fingerprint density at radius 1 is 0.896 bits per heavy atom. The Labute approximate surface area is 289 Å². The highest BCUT2D eigenvalue weighted by atomic mass is 16.4. The normalized spacial score (nSPS) is 39.5. The second-order valence-electron chi connectivity index (χ2n) is 18.0. The van der Waals surface area contributed by atoms with E-state index in [9.17, 15) is 19.5 Å². The highest BCUT2D eigenvalue weighted by Crippen LogP contribution is 2.77. The molecule has 0 unspecified atom stereocenters. The number of hydrogen-bond acceptors (Lipinski definition) is 3. The van der Waals surface area contributed by atoms with Crippen LogP contribution in [0.15, 0.2) is 42.5 Å². The molecule has 0 radical (unpaired) electrons. The van der Waals surface area contributed by atoms with Gasteiger partial charge >= 0.3 is 5.97 Å². The van der Waals surface area contributed by atoms with Crippen molar-refractivity contribution in [2.75, 3.05) is 20.1 Å². The molecule has 2 N–H and O–H groups in total. The molecule has 5 aliphatic carbocycles. The lowest BCUT2D eigenvalue weighted by Crippen LogP contribution is -2.66. The van der Waals surface area contributed by atoms with Crippen LogP contribution in [-0.4, -0.2) is 47.9 Å². The Morgan fingerprint density at radius 3 is 2.21 bits per heavy atom. The Bertz CT molecular complexity index is 1530. The van der Waals surface area contributed by atoms with Crippen molar-refractivity contribution < 1.29 is 19.5 Å². The van der Waals surface area contributed by atoms with Crippen molar-refractivity contribution in [2.24, 2.45) is 56.7 Å². The molecule has 4 saturated carbocycles. The van der Waals surface area contributed by atoms with E-state index in [4.69, 9.17) is 0 Å². The van der Waals surface area contributed by atoms with Gasteiger partial charge in [-0.1, -0.05) is 65.0 Å².